The minimum absolute atomic E-state index is 0.0541. The summed E-state index contributed by atoms with van der Waals surface area (Å²) in [5.74, 6) is -0.586. The maximum atomic E-state index is 13.5. The minimum Gasteiger partial charge on any atom is -0.390 e. The molecule has 0 spiro atoms. The molecule has 2 amide bonds. The molecular weight excluding hydrogens is 602 g/mol. The molecule has 4 rings (SSSR count). The van der Waals surface area contributed by atoms with Gasteiger partial charge in [0.25, 0.3) is 5.91 Å². The van der Waals surface area contributed by atoms with E-state index < -0.39 is 48.1 Å². The van der Waals surface area contributed by atoms with E-state index in [0.29, 0.717) is 49.4 Å². The largest absolute Gasteiger partial charge is 0.416 e. The maximum absolute atomic E-state index is 13.5. The van der Waals surface area contributed by atoms with Gasteiger partial charge in [-0.05, 0) is 67.3 Å². The molecule has 0 bridgehead atoms. The molecule has 7 nitrogen and oxygen atoms in total. The molecule has 2 unspecified atom stereocenters. The summed E-state index contributed by atoms with van der Waals surface area (Å²) in [6, 6.07) is 14.4. The van der Waals surface area contributed by atoms with Crippen LogP contribution in [0.4, 0.5) is 37.7 Å². The zero-order valence-electron chi connectivity index (χ0n) is 24.4. The quantitative estimate of drug-likeness (QED) is 0.190. The number of benzene rings is 3. The summed E-state index contributed by atoms with van der Waals surface area (Å²) in [6.45, 7) is 2.33. The first-order valence-corrected chi connectivity index (χ1v) is 14.5. The number of anilines is 2. The Hall–Kier alpha value is -4.10. The predicted molar refractivity (Wildman–Crippen MR) is 158 cm³/mol. The average Bonchev–Trinajstić information content (AvgIpc) is 3.42. The Balaban J connectivity index is 1.53. The lowest BCUT2D eigenvalue weighted by molar-refractivity contribution is -0.143. The second-order valence-electron chi connectivity index (χ2n) is 10.8. The third kappa shape index (κ3) is 9.21. The van der Waals surface area contributed by atoms with E-state index in [1.807, 2.05) is 6.92 Å². The fourth-order valence-corrected chi connectivity index (χ4v) is 5.16. The summed E-state index contributed by atoms with van der Waals surface area (Å²) in [6.07, 6.45) is -9.95. The van der Waals surface area contributed by atoms with Crippen LogP contribution in [0.5, 0.6) is 0 Å². The van der Waals surface area contributed by atoms with E-state index in [1.165, 1.54) is 0 Å². The van der Waals surface area contributed by atoms with Gasteiger partial charge in [-0.1, -0.05) is 30.3 Å². The highest BCUT2D eigenvalue weighted by molar-refractivity contribution is 6.00. The smallest absolute Gasteiger partial charge is 0.390 e. The van der Waals surface area contributed by atoms with Gasteiger partial charge in [-0.15, -0.1) is 0 Å². The third-order valence-corrected chi connectivity index (χ3v) is 7.36. The van der Waals surface area contributed by atoms with Crippen molar-refractivity contribution in [3.8, 4) is 0 Å². The van der Waals surface area contributed by atoms with Crippen LogP contribution in [0.15, 0.2) is 66.7 Å². The van der Waals surface area contributed by atoms with Gasteiger partial charge >= 0.3 is 12.4 Å². The molecule has 1 aliphatic rings. The van der Waals surface area contributed by atoms with Crippen molar-refractivity contribution in [1.82, 2.24) is 10.6 Å². The van der Waals surface area contributed by atoms with Gasteiger partial charge in [-0.2, -0.15) is 26.3 Å². The van der Waals surface area contributed by atoms with Gasteiger partial charge in [0.15, 0.2) is 0 Å². The second-order valence-corrected chi connectivity index (χ2v) is 10.8. The monoisotopic (exact) mass is 636 g/mol. The van der Waals surface area contributed by atoms with Crippen LogP contribution >= 0.6 is 0 Å². The van der Waals surface area contributed by atoms with Gasteiger partial charge < -0.3 is 26.0 Å². The topological polar surface area (TPSA) is 93.7 Å². The fraction of sp³-hybridized carbons (Fsp3) is 0.375. The van der Waals surface area contributed by atoms with Crippen LogP contribution in [-0.4, -0.2) is 48.7 Å². The highest BCUT2D eigenvalue weighted by Crippen LogP contribution is 2.36. The van der Waals surface area contributed by atoms with E-state index in [0.717, 1.165) is 5.56 Å². The van der Waals surface area contributed by atoms with Gasteiger partial charge in [-0.25, -0.2) is 0 Å². The summed E-state index contributed by atoms with van der Waals surface area (Å²) in [4.78, 5) is 27.5. The molecule has 3 aromatic rings. The van der Waals surface area contributed by atoms with E-state index in [4.69, 9.17) is 0 Å². The molecule has 45 heavy (non-hydrogen) atoms. The van der Waals surface area contributed by atoms with Crippen molar-refractivity contribution in [2.24, 2.45) is 0 Å². The summed E-state index contributed by atoms with van der Waals surface area (Å²) >= 11 is 0. The average molecular weight is 637 g/mol. The molecule has 13 heteroatoms. The van der Waals surface area contributed by atoms with Crippen molar-refractivity contribution in [2.45, 2.75) is 57.2 Å². The summed E-state index contributed by atoms with van der Waals surface area (Å²) < 4.78 is 79.6. The van der Waals surface area contributed by atoms with E-state index in [9.17, 15) is 41.0 Å². The zero-order valence-corrected chi connectivity index (χ0v) is 24.4. The van der Waals surface area contributed by atoms with E-state index in [2.05, 4.69) is 16.0 Å². The molecule has 2 atom stereocenters. The number of aliphatic hydroxyl groups is 1. The summed E-state index contributed by atoms with van der Waals surface area (Å²) in [7, 11) is 0. The summed E-state index contributed by atoms with van der Waals surface area (Å²) in [5, 5.41) is 19.8. The Kier molecular flexibility index (Phi) is 10.8. The van der Waals surface area contributed by atoms with Crippen LogP contribution in [0.2, 0.25) is 0 Å². The van der Waals surface area contributed by atoms with Crippen LogP contribution < -0.4 is 20.9 Å². The van der Waals surface area contributed by atoms with E-state index in [-0.39, 0.29) is 36.1 Å². The van der Waals surface area contributed by atoms with Crippen molar-refractivity contribution < 1.29 is 41.0 Å². The van der Waals surface area contributed by atoms with Gasteiger partial charge in [0, 0.05) is 49.5 Å². The number of amides is 2. The number of nitrogens with zero attached hydrogens (tertiary/aromatic N) is 1. The molecule has 3 aromatic carbocycles. The van der Waals surface area contributed by atoms with Crippen LogP contribution in [-0.2, 0) is 30.1 Å². The third-order valence-electron chi connectivity index (χ3n) is 7.36. The number of halogens is 6. The predicted octanol–water partition coefficient (Wildman–Crippen LogP) is 5.77. The van der Waals surface area contributed by atoms with E-state index in [1.54, 1.807) is 53.4 Å². The minimum atomic E-state index is -4.98. The molecule has 4 N–H and O–H groups in total. The van der Waals surface area contributed by atoms with Gasteiger partial charge in [0.1, 0.15) is 0 Å². The highest BCUT2D eigenvalue weighted by atomic mass is 19.4. The van der Waals surface area contributed by atoms with Crippen molar-refractivity contribution >= 4 is 23.2 Å². The van der Waals surface area contributed by atoms with Crippen molar-refractivity contribution in [2.75, 3.05) is 29.9 Å². The SMILES string of the molecule is CCNc1cc(C(=O)NC(Cc2ccccc2)C(O)CNCc2cc(C(F)(F)F)cc(C(F)(F)F)c2)cc(N2CCCC2=O)c1. The Morgan fingerprint density at radius 2 is 1.60 bits per heavy atom. The molecule has 0 radical (unpaired) electrons. The molecule has 1 fully saturated rings. The normalized spacial score (nSPS) is 15.2. The standard InChI is InChI=1S/C32H34F6N4O3/c1-2-40-25-14-22(15-26(17-25)42-10-6-9-29(42)44)30(45)41-27(13-20-7-4-3-5-8-20)28(43)19-39-18-21-11-23(31(33,34)35)16-24(12-21)32(36,37)38/h3-5,7-8,11-12,14-17,27-28,39-40,43H,2,6,9-10,13,18-19H2,1H3,(H,41,45). The van der Waals surface area contributed by atoms with Crippen LogP contribution in [0.3, 0.4) is 0 Å². The second kappa shape index (κ2) is 14.3. The first-order chi connectivity index (χ1) is 21.2. The number of hydrogen-bond donors (Lipinski definition) is 4. The molecular formula is C32H34F6N4O3. The first-order valence-electron chi connectivity index (χ1n) is 14.5. The fourth-order valence-electron chi connectivity index (χ4n) is 5.16. The Morgan fingerprint density at radius 1 is 0.933 bits per heavy atom. The Morgan fingerprint density at radius 3 is 2.18 bits per heavy atom. The Labute approximate surface area is 256 Å². The van der Waals surface area contributed by atoms with Gasteiger partial charge in [0.2, 0.25) is 5.91 Å². The first kappa shape index (κ1) is 33.8. The molecule has 1 saturated heterocycles. The number of rotatable bonds is 12. The number of alkyl halides is 6. The molecule has 0 saturated carbocycles. The lowest BCUT2D eigenvalue weighted by Crippen LogP contribution is -2.48. The van der Waals surface area contributed by atoms with E-state index >= 15 is 0 Å². The van der Waals surface area contributed by atoms with Crippen molar-refractivity contribution in [3.63, 3.8) is 0 Å². The van der Waals surface area contributed by atoms with Gasteiger partial charge in [-0.3, -0.25) is 9.59 Å². The van der Waals surface area contributed by atoms with Crippen molar-refractivity contribution in [3.05, 3.63) is 94.5 Å². The number of aliphatic hydroxyl groups excluding tert-OH is 1. The number of hydrogen-bond acceptors (Lipinski definition) is 5. The Bertz CT molecular complexity index is 1450. The number of carbonyl (C=O) groups excluding carboxylic acids is 2. The number of nitrogens with one attached hydrogen (secondary N) is 3. The molecule has 1 aliphatic heterocycles. The molecule has 0 aliphatic carbocycles. The molecule has 0 aromatic heterocycles. The van der Waals surface area contributed by atoms with Crippen LogP contribution in [0.25, 0.3) is 0 Å². The van der Waals surface area contributed by atoms with Crippen LogP contribution in [0.1, 0.15) is 52.4 Å². The van der Waals surface area contributed by atoms with Gasteiger partial charge in [0.05, 0.1) is 23.3 Å². The zero-order chi connectivity index (χ0) is 32.8. The van der Waals surface area contributed by atoms with Crippen LogP contribution in [0, 0.1) is 0 Å². The molecule has 1 heterocycles. The lowest BCUT2D eigenvalue weighted by Gasteiger charge is -2.26. The maximum Gasteiger partial charge on any atom is 0.416 e. The highest BCUT2D eigenvalue weighted by Gasteiger charge is 2.37. The number of carbonyl (C=O) groups is 2. The molecule has 242 valence electrons. The summed E-state index contributed by atoms with van der Waals surface area (Å²) in [5.41, 5.74) is -0.929. The van der Waals surface area contributed by atoms with Crippen molar-refractivity contribution in [1.29, 1.82) is 0 Å². The lowest BCUT2D eigenvalue weighted by atomic mass is 10.00.